The third-order valence-corrected chi connectivity index (χ3v) is 3.16. The molecule has 22 heavy (non-hydrogen) atoms. The zero-order valence-electron chi connectivity index (χ0n) is 11.2. The standard InChI is InChI=1S/C16H10F4N2/c17-12-9-11(16(18,19)20)7-5-10(12)6-8-15-21-13-3-1-2-4-14(13)22-15/h1-9H,(H,21,22). The number of imidazole rings is 1. The molecule has 0 saturated carbocycles. The van der Waals surface area contributed by atoms with Gasteiger partial charge >= 0.3 is 6.18 Å². The van der Waals surface area contributed by atoms with Gasteiger partial charge in [-0.25, -0.2) is 9.37 Å². The van der Waals surface area contributed by atoms with Crippen LogP contribution in [0.15, 0.2) is 42.5 Å². The highest BCUT2D eigenvalue weighted by atomic mass is 19.4. The molecule has 0 amide bonds. The maximum absolute atomic E-state index is 13.7. The van der Waals surface area contributed by atoms with E-state index in [0.717, 1.165) is 23.2 Å². The van der Waals surface area contributed by atoms with E-state index in [2.05, 4.69) is 9.97 Å². The van der Waals surface area contributed by atoms with Crippen molar-refractivity contribution >= 4 is 23.2 Å². The summed E-state index contributed by atoms with van der Waals surface area (Å²) in [5.41, 5.74) is 0.643. The van der Waals surface area contributed by atoms with Crippen molar-refractivity contribution in [3.05, 3.63) is 65.2 Å². The molecule has 0 saturated heterocycles. The molecule has 0 aliphatic carbocycles. The first-order valence-electron chi connectivity index (χ1n) is 6.43. The lowest BCUT2D eigenvalue weighted by Crippen LogP contribution is -2.05. The van der Waals surface area contributed by atoms with Gasteiger partial charge in [0.25, 0.3) is 0 Å². The van der Waals surface area contributed by atoms with Crippen LogP contribution in [-0.2, 0) is 6.18 Å². The van der Waals surface area contributed by atoms with E-state index in [-0.39, 0.29) is 5.56 Å². The van der Waals surface area contributed by atoms with Crippen LogP contribution in [0.3, 0.4) is 0 Å². The van der Waals surface area contributed by atoms with Crippen molar-refractivity contribution in [2.24, 2.45) is 0 Å². The second-order valence-corrected chi connectivity index (χ2v) is 4.71. The Morgan fingerprint density at radius 2 is 1.77 bits per heavy atom. The Hall–Kier alpha value is -2.63. The normalized spacial score (nSPS) is 12.4. The maximum atomic E-state index is 13.7. The number of aromatic amines is 1. The molecular formula is C16H10F4N2. The summed E-state index contributed by atoms with van der Waals surface area (Å²) >= 11 is 0. The van der Waals surface area contributed by atoms with E-state index < -0.39 is 17.6 Å². The fourth-order valence-electron chi connectivity index (χ4n) is 2.06. The largest absolute Gasteiger partial charge is 0.416 e. The number of alkyl halides is 3. The quantitative estimate of drug-likeness (QED) is 0.671. The summed E-state index contributed by atoms with van der Waals surface area (Å²) < 4.78 is 51.1. The first kappa shape index (κ1) is 14.3. The lowest BCUT2D eigenvalue weighted by molar-refractivity contribution is -0.137. The zero-order valence-corrected chi connectivity index (χ0v) is 11.2. The van der Waals surface area contributed by atoms with Gasteiger partial charge in [0.15, 0.2) is 0 Å². The number of para-hydroxylation sites is 2. The molecule has 2 nitrogen and oxygen atoms in total. The maximum Gasteiger partial charge on any atom is 0.416 e. The lowest BCUT2D eigenvalue weighted by Gasteiger charge is -2.07. The van der Waals surface area contributed by atoms with Crippen molar-refractivity contribution in [3.63, 3.8) is 0 Å². The summed E-state index contributed by atoms with van der Waals surface area (Å²) in [7, 11) is 0. The number of aromatic nitrogens is 2. The van der Waals surface area contributed by atoms with Crippen molar-refractivity contribution in [3.8, 4) is 0 Å². The molecule has 0 fully saturated rings. The molecule has 0 unspecified atom stereocenters. The number of H-pyrrole nitrogens is 1. The summed E-state index contributed by atoms with van der Waals surface area (Å²) in [4.78, 5) is 7.29. The molecule has 0 radical (unpaired) electrons. The van der Waals surface area contributed by atoms with Crippen LogP contribution in [0.25, 0.3) is 23.2 Å². The molecule has 1 aromatic heterocycles. The van der Waals surface area contributed by atoms with E-state index in [9.17, 15) is 17.6 Å². The average molecular weight is 306 g/mol. The van der Waals surface area contributed by atoms with Crippen LogP contribution in [0.4, 0.5) is 17.6 Å². The monoisotopic (exact) mass is 306 g/mol. The number of nitrogens with one attached hydrogen (secondary N) is 1. The summed E-state index contributed by atoms with van der Waals surface area (Å²) in [5.74, 6) is -0.428. The average Bonchev–Trinajstić information content (AvgIpc) is 2.87. The van der Waals surface area contributed by atoms with Crippen LogP contribution >= 0.6 is 0 Å². The van der Waals surface area contributed by atoms with Crippen LogP contribution in [0, 0.1) is 5.82 Å². The molecule has 0 bridgehead atoms. The van der Waals surface area contributed by atoms with Gasteiger partial charge in [0, 0.05) is 5.56 Å². The topological polar surface area (TPSA) is 28.7 Å². The van der Waals surface area contributed by atoms with Gasteiger partial charge in [0.05, 0.1) is 16.6 Å². The van der Waals surface area contributed by atoms with Gasteiger partial charge in [0.1, 0.15) is 11.6 Å². The minimum Gasteiger partial charge on any atom is -0.338 e. The first-order chi connectivity index (χ1) is 10.4. The Bertz CT molecular complexity index is 814. The van der Waals surface area contributed by atoms with Crippen LogP contribution in [0.1, 0.15) is 17.0 Å². The van der Waals surface area contributed by atoms with Gasteiger partial charge in [-0.3, -0.25) is 0 Å². The van der Waals surface area contributed by atoms with E-state index in [1.165, 1.54) is 12.2 Å². The van der Waals surface area contributed by atoms with Crippen LogP contribution in [0.2, 0.25) is 0 Å². The van der Waals surface area contributed by atoms with Crippen molar-refractivity contribution < 1.29 is 17.6 Å². The molecule has 112 valence electrons. The van der Waals surface area contributed by atoms with Crippen molar-refractivity contribution in [2.75, 3.05) is 0 Å². The van der Waals surface area contributed by atoms with Crippen molar-refractivity contribution in [1.82, 2.24) is 9.97 Å². The SMILES string of the molecule is Fc1cc(C(F)(F)F)ccc1C=Cc1nc2ccccc2[nH]1. The third kappa shape index (κ3) is 2.86. The number of hydrogen-bond donors (Lipinski definition) is 1. The highest BCUT2D eigenvalue weighted by Crippen LogP contribution is 2.30. The Morgan fingerprint density at radius 3 is 2.45 bits per heavy atom. The molecule has 6 heteroatoms. The Kier molecular flexibility index (Phi) is 3.44. The molecule has 3 aromatic rings. The summed E-state index contributed by atoms with van der Waals surface area (Å²) in [6, 6.07) is 9.78. The van der Waals surface area contributed by atoms with E-state index >= 15 is 0 Å². The van der Waals surface area contributed by atoms with Gasteiger partial charge in [-0.2, -0.15) is 13.2 Å². The molecule has 0 aliphatic rings. The minimum absolute atomic E-state index is 0.0634. The van der Waals surface area contributed by atoms with Gasteiger partial charge in [-0.1, -0.05) is 18.2 Å². The molecule has 0 spiro atoms. The molecule has 3 rings (SSSR count). The lowest BCUT2D eigenvalue weighted by atomic mass is 10.1. The van der Waals surface area contributed by atoms with Gasteiger partial charge in [0.2, 0.25) is 0 Å². The predicted molar refractivity (Wildman–Crippen MR) is 76.4 cm³/mol. The van der Waals surface area contributed by atoms with Crippen molar-refractivity contribution in [2.45, 2.75) is 6.18 Å². The molecule has 1 heterocycles. The molecule has 1 N–H and O–H groups in total. The van der Waals surface area contributed by atoms with Crippen molar-refractivity contribution in [1.29, 1.82) is 0 Å². The minimum atomic E-state index is -4.55. The van der Waals surface area contributed by atoms with Crippen LogP contribution in [-0.4, -0.2) is 9.97 Å². The Balaban J connectivity index is 1.89. The fraction of sp³-hybridized carbons (Fsp3) is 0.0625. The fourth-order valence-corrected chi connectivity index (χ4v) is 2.06. The number of nitrogens with zero attached hydrogens (tertiary/aromatic N) is 1. The summed E-state index contributed by atoms with van der Waals surface area (Å²) in [5, 5.41) is 0. The van der Waals surface area contributed by atoms with Crippen LogP contribution in [0.5, 0.6) is 0 Å². The third-order valence-electron chi connectivity index (χ3n) is 3.16. The van der Waals surface area contributed by atoms with Gasteiger partial charge < -0.3 is 4.98 Å². The van der Waals surface area contributed by atoms with E-state index in [0.29, 0.717) is 11.9 Å². The molecular weight excluding hydrogens is 296 g/mol. The first-order valence-corrected chi connectivity index (χ1v) is 6.43. The molecule has 0 atom stereocenters. The highest BCUT2D eigenvalue weighted by Gasteiger charge is 2.30. The number of rotatable bonds is 2. The Morgan fingerprint density at radius 1 is 1.00 bits per heavy atom. The number of fused-ring (bicyclic) bond motifs is 1. The smallest absolute Gasteiger partial charge is 0.338 e. The van der Waals surface area contributed by atoms with E-state index in [1.54, 1.807) is 0 Å². The highest BCUT2D eigenvalue weighted by molar-refractivity contribution is 5.78. The second-order valence-electron chi connectivity index (χ2n) is 4.71. The zero-order chi connectivity index (χ0) is 15.7. The van der Waals surface area contributed by atoms with E-state index in [4.69, 9.17) is 0 Å². The second kappa shape index (κ2) is 5.29. The predicted octanol–water partition coefficient (Wildman–Crippen LogP) is 4.89. The summed E-state index contributed by atoms with van der Waals surface area (Å²) in [6.07, 6.45) is -1.65. The number of benzene rings is 2. The number of halogens is 4. The van der Waals surface area contributed by atoms with Gasteiger partial charge in [-0.05, 0) is 36.4 Å². The van der Waals surface area contributed by atoms with E-state index in [1.807, 2.05) is 24.3 Å². The van der Waals surface area contributed by atoms with Gasteiger partial charge in [-0.15, -0.1) is 0 Å². The molecule has 0 aliphatic heterocycles. The number of hydrogen-bond acceptors (Lipinski definition) is 1. The summed E-state index contributed by atoms with van der Waals surface area (Å²) in [6.45, 7) is 0. The Labute approximate surface area is 123 Å². The molecule has 2 aromatic carbocycles. The van der Waals surface area contributed by atoms with Crippen LogP contribution < -0.4 is 0 Å².